The fourth-order valence-corrected chi connectivity index (χ4v) is 5.94. The third-order valence-electron chi connectivity index (χ3n) is 4.66. The molecule has 1 fully saturated rings. The summed E-state index contributed by atoms with van der Waals surface area (Å²) in [6.45, 7) is 0. The first kappa shape index (κ1) is 21.0. The molecule has 0 aliphatic heterocycles. The largest absolute Gasteiger partial charge is 0.744 e. The maximum Gasteiger partial charge on any atom is 0.344 e. The highest BCUT2D eigenvalue weighted by Gasteiger charge is 2.22. The first-order valence-corrected chi connectivity index (χ1v) is 12.1. The Hall–Kier alpha value is -0.720. The van der Waals surface area contributed by atoms with Crippen LogP contribution in [0.1, 0.15) is 53.9 Å². The molecule has 0 N–H and O–H groups in total. The van der Waals surface area contributed by atoms with Crippen LogP contribution in [-0.2, 0) is 10.1 Å². The lowest BCUT2D eigenvalue weighted by molar-refractivity contribution is 0.0733. The van der Waals surface area contributed by atoms with Gasteiger partial charge in [-0.3, -0.25) is 0 Å². The van der Waals surface area contributed by atoms with Crippen molar-refractivity contribution in [2.75, 3.05) is 0 Å². The van der Waals surface area contributed by atoms with Crippen LogP contribution in [0.5, 0.6) is 5.75 Å². The van der Waals surface area contributed by atoms with Crippen LogP contribution in [0.2, 0.25) is 0 Å². The van der Waals surface area contributed by atoms with Crippen LogP contribution in [0.4, 0.5) is 0 Å². The predicted molar refractivity (Wildman–Crippen MR) is 117 cm³/mol. The Morgan fingerprint density at radius 2 is 1.74 bits per heavy atom. The second-order valence-corrected chi connectivity index (χ2v) is 10.3. The van der Waals surface area contributed by atoms with E-state index in [9.17, 15) is 17.8 Å². The summed E-state index contributed by atoms with van der Waals surface area (Å²) in [5.41, 5.74) is 0.906. The normalized spacial score (nSPS) is 15.5. The molecule has 2 aromatic rings. The van der Waals surface area contributed by atoms with Crippen molar-refractivity contribution in [3.8, 4) is 5.75 Å². The van der Waals surface area contributed by atoms with Crippen molar-refractivity contribution < 1.29 is 22.5 Å². The zero-order valence-corrected chi connectivity index (χ0v) is 19.4. The van der Waals surface area contributed by atoms with Crippen LogP contribution < -0.4 is 4.74 Å². The molecule has 0 spiro atoms. The van der Waals surface area contributed by atoms with Gasteiger partial charge < -0.3 is 9.29 Å². The molecule has 5 nitrogen and oxygen atoms in total. The molecule has 2 aromatic carbocycles. The fourth-order valence-electron chi connectivity index (χ4n) is 3.37. The molecule has 3 rings (SSSR count). The molecule has 1 aliphatic carbocycles. The average Bonchev–Trinajstić information content (AvgIpc) is 2.61. The number of ether oxygens (including phenoxy) is 1. The lowest BCUT2D eigenvalue weighted by Crippen LogP contribution is -2.13. The van der Waals surface area contributed by atoms with Gasteiger partial charge in [-0.25, -0.2) is 13.2 Å². The van der Waals surface area contributed by atoms with E-state index in [4.69, 9.17) is 4.74 Å². The minimum absolute atomic E-state index is 0.00503. The van der Waals surface area contributed by atoms with Gasteiger partial charge in [0.05, 0.1) is 10.5 Å². The van der Waals surface area contributed by atoms with Crippen molar-refractivity contribution in [1.82, 2.24) is 0 Å². The fraction of sp³-hybridized carbons (Fsp3) is 0.316. The van der Waals surface area contributed by atoms with E-state index in [1.54, 1.807) is 6.07 Å². The Bertz CT molecular complexity index is 966. The maximum atomic E-state index is 12.5. The SMILES string of the molecule is O=C(Oc1ccc(S(=O)(=O)[O-])c(C2CCCCC2)c1)c1ccc(I)cc1I. The number of carbonyl (C=O) groups is 1. The molecule has 144 valence electrons. The number of carbonyl (C=O) groups excluding carboxylic acids is 1. The number of esters is 1. The Kier molecular flexibility index (Phi) is 6.80. The van der Waals surface area contributed by atoms with Crippen molar-refractivity contribution in [2.24, 2.45) is 0 Å². The first-order chi connectivity index (χ1) is 12.8. The summed E-state index contributed by atoms with van der Waals surface area (Å²) in [6.07, 6.45) is 4.75. The molecule has 0 aromatic heterocycles. The molecule has 1 aliphatic rings. The zero-order valence-electron chi connectivity index (χ0n) is 14.3. The number of benzene rings is 2. The van der Waals surface area contributed by atoms with Crippen LogP contribution in [0.3, 0.4) is 0 Å². The van der Waals surface area contributed by atoms with E-state index in [1.165, 1.54) is 18.2 Å². The standard InChI is InChI=1S/C19H18I2O5S/c20-13-6-8-15(17(21)10-13)19(22)26-14-7-9-18(27(23,24)25)16(11-14)12-4-2-1-3-5-12/h6-12H,1-5H2,(H,23,24,25)/p-1. The third-order valence-corrected chi connectivity index (χ3v) is 7.13. The van der Waals surface area contributed by atoms with E-state index < -0.39 is 16.1 Å². The molecule has 0 bridgehead atoms. The molecule has 0 heterocycles. The van der Waals surface area contributed by atoms with Crippen LogP contribution in [-0.4, -0.2) is 18.9 Å². The Balaban J connectivity index is 1.93. The van der Waals surface area contributed by atoms with Crippen molar-refractivity contribution in [1.29, 1.82) is 0 Å². The quantitative estimate of drug-likeness (QED) is 0.209. The second-order valence-electron chi connectivity index (χ2n) is 6.50. The Morgan fingerprint density at radius 1 is 1.04 bits per heavy atom. The highest BCUT2D eigenvalue weighted by Crippen LogP contribution is 2.37. The van der Waals surface area contributed by atoms with Crippen molar-refractivity contribution in [3.63, 3.8) is 0 Å². The van der Waals surface area contributed by atoms with Crippen LogP contribution in [0.15, 0.2) is 41.3 Å². The highest BCUT2D eigenvalue weighted by molar-refractivity contribution is 14.1. The molecule has 0 atom stereocenters. The average molecular weight is 611 g/mol. The van der Waals surface area contributed by atoms with E-state index in [0.717, 1.165) is 39.2 Å². The van der Waals surface area contributed by atoms with E-state index in [2.05, 4.69) is 45.2 Å². The molecule has 1 saturated carbocycles. The van der Waals surface area contributed by atoms with Gasteiger partial charge in [0.1, 0.15) is 15.9 Å². The molecular formula is C19H17I2O5S-. The number of hydrogen-bond donors (Lipinski definition) is 0. The third kappa shape index (κ3) is 5.21. The summed E-state index contributed by atoms with van der Waals surface area (Å²) in [5.74, 6) is -0.264. The van der Waals surface area contributed by atoms with Gasteiger partial charge in [-0.15, -0.1) is 0 Å². The monoisotopic (exact) mass is 611 g/mol. The Morgan fingerprint density at radius 3 is 2.37 bits per heavy atom. The number of rotatable bonds is 4. The summed E-state index contributed by atoms with van der Waals surface area (Å²) in [4.78, 5) is 12.3. The smallest absolute Gasteiger partial charge is 0.344 e. The summed E-state index contributed by atoms with van der Waals surface area (Å²) in [6, 6.07) is 9.56. The van der Waals surface area contributed by atoms with Gasteiger partial charge in [-0.1, -0.05) is 19.3 Å². The van der Waals surface area contributed by atoms with Crippen molar-refractivity contribution in [2.45, 2.75) is 42.9 Å². The summed E-state index contributed by atoms with van der Waals surface area (Å²) < 4.78 is 42.3. The van der Waals surface area contributed by atoms with Crippen molar-refractivity contribution in [3.05, 3.63) is 54.7 Å². The molecule has 0 unspecified atom stereocenters. The van der Waals surface area contributed by atoms with E-state index in [0.29, 0.717) is 11.1 Å². The minimum atomic E-state index is -4.58. The second kappa shape index (κ2) is 8.75. The van der Waals surface area contributed by atoms with Crippen LogP contribution in [0, 0.1) is 7.14 Å². The van der Waals surface area contributed by atoms with Gasteiger partial charge >= 0.3 is 5.97 Å². The predicted octanol–water partition coefficient (Wildman–Crippen LogP) is 5.07. The van der Waals surface area contributed by atoms with Gasteiger partial charge in [0.2, 0.25) is 0 Å². The molecule has 0 saturated heterocycles. The molecule has 0 amide bonds. The van der Waals surface area contributed by atoms with E-state index >= 15 is 0 Å². The minimum Gasteiger partial charge on any atom is -0.744 e. The lowest BCUT2D eigenvalue weighted by Gasteiger charge is -2.25. The van der Waals surface area contributed by atoms with E-state index in [1.807, 2.05) is 12.1 Å². The lowest BCUT2D eigenvalue weighted by atomic mass is 9.84. The van der Waals surface area contributed by atoms with Crippen LogP contribution in [0.25, 0.3) is 0 Å². The maximum absolute atomic E-state index is 12.5. The van der Waals surface area contributed by atoms with Crippen LogP contribution >= 0.6 is 45.2 Å². The summed E-state index contributed by atoms with van der Waals surface area (Å²) in [7, 11) is -4.58. The van der Waals surface area contributed by atoms with Gasteiger partial charge in [-0.2, -0.15) is 0 Å². The Labute approximate surface area is 185 Å². The summed E-state index contributed by atoms with van der Waals surface area (Å²) >= 11 is 4.24. The first-order valence-electron chi connectivity index (χ1n) is 8.53. The topological polar surface area (TPSA) is 83.5 Å². The molecule has 8 heteroatoms. The van der Waals surface area contributed by atoms with E-state index in [-0.39, 0.29) is 16.6 Å². The van der Waals surface area contributed by atoms with Gasteiger partial charge in [-0.05, 0) is 106 Å². The number of halogens is 2. The van der Waals surface area contributed by atoms with Gasteiger partial charge in [0, 0.05) is 7.14 Å². The highest BCUT2D eigenvalue weighted by atomic mass is 127. The molecule has 27 heavy (non-hydrogen) atoms. The summed E-state index contributed by atoms with van der Waals surface area (Å²) in [5, 5.41) is 0. The molecular weight excluding hydrogens is 594 g/mol. The van der Waals surface area contributed by atoms with Gasteiger partial charge in [0.15, 0.2) is 0 Å². The van der Waals surface area contributed by atoms with Crippen molar-refractivity contribution >= 4 is 61.3 Å². The molecule has 0 radical (unpaired) electrons. The van der Waals surface area contributed by atoms with Gasteiger partial charge in [0.25, 0.3) is 0 Å². The number of hydrogen-bond acceptors (Lipinski definition) is 5. The zero-order chi connectivity index (χ0) is 19.6.